The summed E-state index contributed by atoms with van der Waals surface area (Å²) in [4.78, 5) is 15.9. The molecular formula is C12H19N3O. The molecule has 1 aromatic rings. The number of pyridine rings is 1. The quantitative estimate of drug-likeness (QED) is 0.792. The number of nitrogens with zero attached hydrogens (tertiary/aromatic N) is 1. The molecule has 4 heteroatoms. The van der Waals surface area contributed by atoms with E-state index in [0.717, 1.165) is 5.69 Å². The number of amides is 1. The molecule has 0 saturated carbocycles. The van der Waals surface area contributed by atoms with Crippen molar-refractivity contribution in [1.82, 2.24) is 10.3 Å². The number of anilines is 1. The van der Waals surface area contributed by atoms with Crippen LogP contribution in [-0.2, 0) is 4.79 Å². The molecule has 0 aliphatic carbocycles. The van der Waals surface area contributed by atoms with E-state index in [2.05, 4.69) is 15.6 Å². The maximum Gasteiger partial charge on any atom is 0.229 e. The SMILES string of the molecule is CNCC(C(=O)Nc1ccncc1)C(C)C. The lowest BCUT2D eigenvalue weighted by Crippen LogP contribution is -2.34. The predicted molar refractivity (Wildman–Crippen MR) is 65.1 cm³/mol. The molecule has 16 heavy (non-hydrogen) atoms. The molecular weight excluding hydrogens is 202 g/mol. The minimum atomic E-state index is -0.0156. The summed E-state index contributed by atoms with van der Waals surface area (Å²) in [6.45, 7) is 4.79. The second-order valence-electron chi connectivity index (χ2n) is 4.13. The van der Waals surface area contributed by atoms with Gasteiger partial charge in [0.2, 0.25) is 5.91 Å². The lowest BCUT2D eigenvalue weighted by molar-refractivity contribution is -0.120. The smallest absolute Gasteiger partial charge is 0.229 e. The molecule has 1 atom stereocenters. The van der Waals surface area contributed by atoms with Crippen molar-refractivity contribution in [1.29, 1.82) is 0 Å². The third-order valence-corrected chi connectivity index (χ3v) is 2.51. The highest BCUT2D eigenvalue weighted by Gasteiger charge is 2.21. The lowest BCUT2D eigenvalue weighted by atomic mass is 9.95. The Balaban J connectivity index is 2.62. The van der Waals surface area contributed by atoms with E-state index in [-0.39, 0.29) is 11.8 Å². The monoisotopic (exact) mass is 221 g/mol. The van der Waals surface area contributed by atoms with Crippen LogP contribution in [0.5, 0.6) is 0 Å². The Kier molecular flexibility index (Phi) is 4.92. The number of hydrogen-bond donors (Lipinski definition) is 2. The van der Waals surface area contributed by atoms with E-state index in [1.807, 2.05) is 20.9 Å². The zero-order valence-electron chi connectivity index (χ0n) is 10.0. The van der Waals surface area contributed by atoms with Gasteiger partial charge in [-0.3, -0.25) is 9.78 Å². The number of carbonyl (C=O) groups is 1. The summed E-state index contributed by atoms with van der Waals surface area (Å²) in [5.41, 5.74) is 0.793. The van der Waals surface area contributed by atoms with Crippen molar-refractivity contribution in [3.8, 4) is 0 Å². The van der Waals surface area contributed by atoms with Crippen LogP contribution in [0.2, 0.25) is 0 Å². The van der Waals surface area contributed by atoms with E-state index >= 15 is 0 Å². The van der Waals surface area contributed by atoms with Crippen molar-refractivity contribution in [3.05, 3.63) is 24.5 Å². The van der Waals surface area contributed by atoms with Gasteiger partial charge in [-0.2, -0.15) is 0 Å². The third kappa shape index (κ3) is 3.62. The summed E-state index contributed by atoms with van der Waals surface area (Å²) in [5.74, 6) is 0.350. The van der Waals surface area contributed by atoms with Crippen LogP contribution in [0.3, 0.4) is 0 Å². The Bertz CT molecular complexity index is 324. The first-order valence-corrected chi connectivity index (χ1v) is 5.50. The van der Waals surface area contributed by atoms with Gasteiger partial charge in [-0.25, -0.2) is 0 Å². The molecule has 0 radical (unpaired) electrons. The number of rotatable bonds is 5. The summed E-state index contributed by atoms with van der Waals surface area (Å²) in [5, 5.41) is 5.93. The fraction of sp³-hybridized carbons (Fsp3) is 0.500. The fourth-order valence-electron chi connectivity index (χ4n) is 1.52. The first kappa shape index (κ1) is 12.6. The summed E-state index contributed by atoms with van der Waals surface area (Å²) >= 11 is 0. The van der Waals surface area contributed by atoms with Crippen LogP contribution in [0.1, 0.15) is 13.8 Å². The van der Waals surface area contributed by atoms with E-state index in [1.54, 1.807) is 24.5 Å². The van der Waals surface area contributed by atoms with E-state index < -0.39 is 0 Å². The Morgan fingerprint density at radius 2 is 2.00 bits per heavy atom. The van der Waals surface area contributed by atoms with Gasteiger partial charge in [0.05, 0.1) is 5.92 Å². The molecule has 1 aromatic heterocycles. The molecule has 0 aromatic carbocycles. The van der Waals surface area contributed by atoms with E-state index in [4.69, 9.17) is 0 Å². The Hall–Kier alpha value is -1.42. The minimum absolute atomic E-state index is 0.0156. The Morgan fingerprint density at radius 1 is 1.38 bits per heavy atom. The van der Waals surface area contributed by atoms with Gasteiger partial charge >= 0.3 is 0 Å². The van der Waals surface area contributed by atoms with Gasteiger partial charge < -0.3 is 10.6 Å². The van der Waals surface area contributed by atoms with Gasteiger partial charge in [-0.1, -0.05) is 13.8 Å². The molecule has 0 aliphatic heterocycles. The average molecular weight is 221 g/mol. The second-order valence-corrected chi connectivity index (χ2v) is 4.13. The lowest BCUT2D eigenvalue weighted by Gasteiger charge is -2.19. The predicted octanol–water partition coefficient (Wildman–Crippen LogP) is 1.51. The summed E-state index contributed by atoms with van der Waals surface area (Å²) < 4.78 is 0. The molecule has 0 bridgehead atoms. The van der Waals surface area contributed by atoms with Crippen molar-refractivity contribution in [2.24, 2.45) is 11.8 Å². The molecule has 0 spiro atoms. The van der Waals surface area contributed by atoms with E-state index in [9.17, 15) is 4.79 Å². The van der Waals surface area contributed by atoms with Gasteiger partial charge in [0.1, 0.15) is 0 Å². The molecule has 1 heterocycles. The summed E-state index contributed by atoms with van der Waals surface area (Å²) in [6.07, 6.45) is 3.33. The highest BCUT2D eigenvalue weighted by Crippen LogP contribution is 2.13. The maximum atomic E-state index is 12.0. The van der Waals surface area contributed by atoms with Crippen molar-refractivity contribution in [2.45, 2.75) is 13.8 Å². The Labute approximate surface area is 96.5 Å². The first-order chi connectivity index (χ1) is 7.65. The van der Waals surface area contributed by atoms with Gasteiger partial charge in [0.25, 0.3) is 0 Å². The standard InChI is InChI=1S/C12H19N3O/c1-9(2)11(8-13-3)12(16)15-10-4-6-14-7-5-10/h4-7,9,11,13H,8H2,1-3H3,(H,14,15,16). The molecule has 1 amide bonds. The fourth-order valence-corrected chi connectivity index (χ4v) is 1.52. The number of aromatic nitrogens is 1. The first-order valence-electron chi connectivity index (χ1n) is 5.50. The highest BCUT2D eigenvalue weighted by atomic mass is 16.1. The van der Waals surface area contributed by atoms with Gasteiger partial charge in [0, 0.05) is 24.6 Å². The van der Waals surface area contributed by atoms with Gasteiger partial charge in [-0.15, -0.1) is 0 Å². The highest BCUT2D eigenvalue weighted by molar-refractivity contribution is 5.92. The van der Waals surface area contributed by atoms with Crippen LogP contribution in [-0.4, -0.2) is 24.5 Å². The number of nitrogens with one attached hydrogen (secondary N) is 2. The van der Waals surface area contributed by atoms with Crippen LogP contribution in [0.4, 0.5) is 5.69 Å². The second kappa shape index (κ2) is 6.23. The van der Waals surface area contributed by atoms with Crippen LogP contribution < -0.4 is 10.6 Å². The summed E-state index contributed by atoms with van der Waals surface area (Å²) in [7, 11) is 1.86. The molecule has 0 fully saturated rings. The van der Waals surface area contributed by atoms with Gasteiger partial charge in [-0.05, 0) is 25.1 Å². The van der Waals surface area contributed by atoms with Crippen LogP contribution >= 0.6 is 0 Å². The Morgan fingerprint density at radius 3 is 2.50 bits per heavy atom. The van der Waals surface area contributed by atoms with E-state index in [0.29, 0.717) is 12.5 Å². The summed E-state index contributed by atoms with van der Waals surface area (Å²) in [6, 6.07) is 3.57. The third-order valence-electron chi connectivity index (χ3n) is 2.51. The van der Waals surface area contributed by atoms with Crippen molar-refractivity contribution in [2.75, 3.05) is 18.9 Å². The largest absolute Gasteiger partial charge is 0.326 e. The van der Waals surface area contributed by atoms with Crippen LogP contribution in [0, 0.1) is 11.8 Å². The zero-order chi connectivity index (χ0) is 12.0. The molecule has 1 unspecified atom stereocenters. The maximum absolute atomic E-state index is 12.0. The molecule has 1 rings (SSSR count). The number of hydrogen-bond acceptors (Lipinski definition) is 3. The molecule has 88 valence electrons. The average Bonchev–Trinajstić information content (AvgIpc) is 2.26. The van der Waals surface area contributed by atoms with Crippen molar-refractivity contribution < 1.29 is 4.79 Å². The molecule has 0 aliphatic rings. The van der Waals surface area contributed by atoms with Crippen LogP contribution in [0.15, 0.2) is 24.5 Å². The zero-order valence-corrected chi connectivity index (χ0v) is 10.0. The topological polar surface area (TPSA) is 54.0 Å². The normalized spacial score (nSPS) is 12.5. The van der Waals surface area contributed by atoms with Crippen molar-refractivity contribution in [3.63, 3.8) is 0 Å². The van der Waals surface area contributed by atoms with Gasteiger partial charge in [0.15, 0.2) is 0 Å². The minimum Gasteiger partial charge on any atom is -0.326 e. The van der Waals surface area contributed by atoms with Crippen molar-refractivity contribution >= 4 is 11.6 Å². The van der Waals surface area contributed by atoms with Crippen LogP contribution in [0.25, 0.3) is 0 Å². The van der Waals surface area contributed by atoms with E-state index in [1.165, 1.54) is 0 Å². The molecule has 0 saturated heterocycles. The molecule has 2 N–H and O–H groups in total. The number of carbonyl (C=O) groups excluding carboxylic acids is 1. The molecule has 4 nitrogen and oxygen atoms in total.